The fourth-order valence-corrected chi connectivity index (χ4v) is 2.07. The van der Waals surface area contributed by atoms with Crippen LogP contribution in [0.25, 0.3) is 0 Å². The van der Waals surface area contributed by atoms with Gasteiger partial charge in [0.05, 0.1) is 6.04 Å². The molecule has 0 saturated carbocycles. The lowest BCUT2D eigenvalue weighted by Crippen LogP contribution is -2.33. The number of aromatic nitrogens is 1. The summed E-state index contributed by atoms with van der Waals surface area (Å²) in [6.07, 6.45) is 0.426. The van der Waals surface area contributed by atoms with Crippen LogP contribution in [0.3, 0.4) is 0 Å². The van der Waals surface area contributed by atoms with Crippen molar-refractivity contribution in [3.63, 3.8) is 0 Å². The van der Waals surface area contributed by atoms with E-state index in [0.29, 0.717) is 17.1 Å². The van der Waals surface area contributed by atoms with Crippen LogP contribution in [0.15, 0.2) is 5.38 Å². The predicted molar refractivity (Wildman–Crippen MR) is 68.5 cm³/mol. The Labute approximate surface area is 109 Å². The topological polar surface area (TPSA) is 105 Å². The van der Waals surface area contributed by atoms with E-state index in [2.05, 4.69) is 10.3 Å². The lowest BCUT2D eigenvalue weighted by molar-refractivity contribution is -0.137. The van der Waals surface area contributed by atoms with Crippen LogP contribution < -0.4 is 11.1 Å². The average Bonchev–Trinajstić information content (AvgIpc) is 2.75. The molecule has 4 N–H and O–H groups in total. The summed E-state index contributed by atoms with van der Waals surface area (Å²) in [5.74, 6) is -1.17. The van der Waals surface area contributed by atoms with Gasteiger partial charge in [0.2, 0.25) is 0 Å². The molecular weight excluding hydrogens is 254 g/mol. The number of carbonyl (C=O) groups excluding carboxylic acids is 1. The molecule has 7 heteroatoms. The van der Waals surface area contributed by atoms with E-state index in [4.69, 9.17) is 10.8 Å². The third-order valence-corrected chi connectivity index (χ3v) is 3.36. The van der Waals surface area contributed by atoms with Crippen LogP contribution in [0, 0.1) is 0 Å². The van der Waals surface area contributed by atoms with Crippen molar-refractivity contribution in [2.45, 2.75) is 38.8 Å². The highest BCUT2D eigenvalue weighted by molar-refractivity contribution is 7.09. The van der Waals surface area contributed by atoms with E-state index >= 15 is 0 Å². The Morgan fingerprint density at radius 2 is 2.22 bits per heavy atom. The fraction of sp³-hybridized carbons (Fsp3) is 0.545. The number of carbonyl (C=O) groups is 2. The number of nitrogens with one attached hydrogen (secondary N) is 1. The summed E-state index contributed by atoms with van der Waals surface area (Å²) in [6, 6.07) is -0.393. The largest absolute Gasteiger partial charge is 0.481 e. The number of nitrogens with two attached hydrogens (primary N) is 1. The number of nitrogens with zero attached hydrogens (tertiary/aromatic N) is 1. The fourth-order valence-electron chi connectivity index (χ4n) is 1.31. The van der Waals surface area contributed by atoms with Crippen molar-refractivity contribution >= 4 is 23.2 Å². The molecule has 1 aromatic heterocycles. The summed E-state index contributed by atoms with van der Waals surface area (Å²) in [5, 5.41) is 13.6. The molecule has 0 radical (unpaired) electrons. The Hall–Kier alpha value is -1.47. The summed E-state index contributed by atoms with van der Waals surface area (Å²) in [6.45, 7) is 3.57. The van der Waals surface area contributed by atoms with Gasteiger partial charge in [-0.1, -0.05) is 0 Å². The van der Waals surface area contributed by atoms with E-state index < -0.39 is 5.97 Å². The van der Waals surface area contributed by atoms with Gasteiger partial charge in [0, 0.05) is 17.8 Å². The number of rotatable bonds is 6. The van der Waals surface area contributed by atoms with Gasteiger partial charge in [0.1, 0.15) is 10.7 Å². The standard InChI is InChI=1S/C11H17N3O3S/c1-6(3-4-9(15)16)13-10(17)8-5-18-11(14-8)7(2)12/h5-7H,3-4,12H2,1-2H3,(H,13,17)(H,15,16). The minimum atomic E-state index is -0.871. The van der Waals surface area contributed by atoms with E-state index in [9.17, 15) is 9.59 Å². The normalized spacial score (nSPS) is 13.9. The molecule has 0 bridgehead atoms. The maximum Gasteiger partial charge on any atom is 0.303 e. The van der Waals surface area contributed by atoms with Crippen LogP contribution in [0.2, 0.25) is 0 Å². The van der Waals surface area contributed by atoms with Crippen LogP contribution in [-0.4, -0.2) is 28.0 Å². The molecule has 2 atom stereocenters. The second-order valence-electron chi connectivity index (χ2n) is 4.17. The van der Waals surface area contributed by atoms with Crippen molar-refractivity contribution in [2.75, 3.05) is 0 Å². The Bertz CT molecular complexity index is 431. The highest BCUT2D eigenvalue weighted by atomic mass is 32.1. The molecule has 100 valence electrons. The first-order valence-corrected chi connectivity index (χ1v) is 6.51. The Kier molecular flexibility index (Phi) is 5.24. The molecule has 0 aromatic carbocycles. The van der Waals surface area contributed by atoms with Gasteiger partial charge in [0.25, 0.3) is 5.91 Å². The predicted octanol–water partition coefficient (Wildman–Crippen LogP) is 1.15. The summed E-state index contributed by atoms with van der Waals surface area (Å²) < 4.78 is 0. The van der Waals surface area contributed by atoms with Crippen LogP contribution >= 0.6 is 11.3 Å². The van der Waals surface area contributed by atoms with Gasteiger partial charge in [-0.15, -0.1) is 11.3 Å². The number of thiazole rings is 1. The van der Waals surface area contributed by atoms with Gasteiger partial charge in [0.15, 0.2) is 0 Å². The Balaban J connectivity index is 2.51. The van der Waals surface area contributed by atoms with Crippen molar-refractivity contribution in [3.8, 4) is 0 Å². The number of hydrogen-bond acceptors (Lipinski definition) is 5. The van der Waals surface area contributed by atoms with Crippen LogP contribution in [-0.2, 0) is 4.79 Å². The zero-order valence-corrected chi connectivity index (χ0v) is 11.2. The lowest BCUT2D eigenvalue weighted by Gasteiger charge is -2.11. The SMILES string of the molecule is CC(CCC(=O)O)NC(=O)c1csc(C(C)N)n1. The number of aliphatic carboxylic acids is 1. The van der Waals surface area contributed by atoms with Gasteiger partial charge in [-0.25, -0.2) is 4.98 Å². The summed E-state index contributed by atoms with van der Waals surface area (Å²) in [5.41, 5.74) is 5.99. The molecule has 0 aliphatic heterocycles. The quantitative estimate of drug-likeness (QED) is 0.719. The summed E-state index contributed by atoms with van der Waals surface area (Å²) >= 11 is 1.34. The van der Waals surface area contributed by atoms with Gasteiger partial charge in [-0.3, -0.25) is 9.59 Å². The Morgan fingerprint density at radius 1 is 1.56 bits per heavy atom. The molecule has 0 aliphatic carbocycles. The third kappa shape index (κ3) is 4.42. The molecule has 18 heavy (non-hydrogen) atoms. The first-order chi connectivity index (χ1) is 8.40. The number of carboxylic acids is 1. The van der Waals surface area contributed by atoms with E-state index in [1.54, 1.807) is 19.2 Å². The highest BCUT2D eigenvalue weighted by Crippen LogP contribution is 2.15. The molecular formula is C11H17N3O3S. The molecule has 1 heterocycles. The maximum absolute atomic E-state index is 11.8. The van der Waals surface area contributed by atoms with Crippen molar-refractivity contribution in [2.24, 2.45) is 5.73 Å². The van der Waals surface area contributed by atoms with Gasteiger partial charge in [-0.05, 0) is 20.3 Å². The highest BCUT2D eigenvalue weighted by Gasteiger charge is 2.15. The molecule has 6 nitrogen and oxygen atoms in total. The molecule has 1 aromatic rings. The molecule has 1 rings (SSSR count). The molecule has 2 unspecified atom stereocenters. The minimum absolute atomic E-state index is 0.0313. The van der Waals surface area contributed by atoms with Crippen molar-refractivity contribution in [3.05, 3.63) is 16.1 Å². The molecule has 0 saturated heterocycles. The number of carboxylic acid groups (broad SMARTS) is 1. The first kappa shape index (κ1) is 14.6. The number of hydrogen-bond donors (Lipinski definition) is 3. The van der Waals surface area contributed by atoms with Gasteiger partial charge < -0.3 is 16.2 Å². The van der Waals surface area contributed by atoms with E-state index in [-0.39, 0.29) is 24.4 Å². The Morgan fingerprint density at radius 3 is 2.72 bits per heavy atom. The smallest absolute Gasteiger partial charge is 0.303 e. The third-order valence-electron chi connectivity index (χ3n) is 2.31. The van der Waals surface area contributed by atoms with E-state index in [1.807, 2.05) is 0 Å². The van der Waals surface area contributed by atoms with Gasteiger partial charge >= 0.3 is 5.97 Å². The van der Waals surface area contributed by atoms with Crippen LogP contribution in [0.1, 0.15) is 48.2 Å². The van der Waals surface area contributed by atoms with Crippen molar-refractivity contribution in [1.82, 2.24) is 10.3 Å². The second kappa shape index (κ2) is 6.46. The second-order valence-corrected chi connectivity index (χ2v) is 5.06. The van der Waals surface area contributed by atoms with Crippen LogP contribution in [0.4, 0.5) is 0 Å². The zero-order chi connectivity index (χ0) is 13.7. The van der Waals surface area contributed by atoms with Gasteiger partial charge in [-0.2, -0.15) is 0 Å². The molecule has 0 fully saturated rings. The van der Waals surface area contributed by atoms with E-state index in [1.165, 1.54) is 11.3 Å². The number of amides is 1. The molecule has 0 spiro atoms. The zero-order valence-electron chi connectivity index (χ0n) is 10.3. The molecule has 1 amide bonds. The van der Waals surface area contributed by atoms with E-state index in [0.717, 1.165) is 0 Å². The first-order valence-electron chi connectivity index (χ1n) is 5.63. The lowest BCUT2D eigenvalue weighted by atomic mass is 10.2. The molecule has 0 aliphatic rings. The van der Waals surface area contributed by atoms with Crippen LogP contribution in [0.5, 0.6) is 0 Å². The maximum atomic E-state index is 11.8. The summed E-state index contributed by atoms with van der Waals surface area (Å²) in [7, 11) is 0. The van der Waals surface area contributed by atoms with Crippen molar-refractivity contribution in [1.29, 1.82) is 0 Å². The van der Waals surface area contributed by atoms with Crippen molar-refractivity contribution < 1.29 is 14.7 Å². The minimum Gasteiger partial charge on any atom is -0.481 e. The summed E-state index contributed by atoms with van der Waals surface area (Å²) in [4.78, 5) is 26.3. The monoisotopic (exact) mass is 271 g/mol. The average molecular weight is 271 g/mol.